The molecule has 1 aliphatic heterocycles. The minimum atomic E-state index is 0.0687. The number of hydrogen-bond donors (Lipinski definition) is 1. The van der Waals surface area contributed by atoms with E-state index in [0.29, 0.717) is 13.0 Å². The average Bonchev–Trinajstić information content (AvgIpc) is 3.26. The van der Waals surface area contributed by atoms with Crippen molar-refractivity contribution in [1.82, 2.24) is 19.9 Å². The SMILES string of the molecule is N#CCCC(=O)N1CCC(c2cnc3ncc4[nH]cccc4c23)C1. The van der Waals surface area contributed by atoms with Crippen molar-refractivity contribution in [2.24, 2.45) is 0 Å². The lowest BCUT2D eigenvalue weighted by Crippen LogP contribution is -2.28. The molecule has 0 radical (unpaired) electrons. The van der Waals surface area contributed by atoms with Crippen molar-refractivity contribution in [1.29, 1.82) is 5.26 Å². The fourth-order valence-electron chi connectivity index (χ4n) is 3.53. The molecule has 1 N–H and O–H groups in total. The van der Waals surface area contributed by atoms with Crippen molar-refractivity contribution in [2.75, 3.05) is 13.1 Å². The van der Waals surface area contributed by atoms with Gasteiger partial charge in [-0.3, -0.25) is 4.79 Å². The van der Waals surface area contributed by atoms with Crippen LogP contribution >= 0.6 is 0 Å². The molecule has 24 heavy (non-hydrogen) atoms. The third-order valence-electron chi connectivity index (χ3n) is 4.74. The van der Waals surface area contributed by atoms with Crippen LogP contribution in [0.25, 0.3) is 21.9 Å². The molecule has 4 rings (SSSR count). The normalized spacial score (nSPS) is 17.5. The molecule has 0 saturated carbocycles. The van der Waals surface area contributed by atoms with Gasteiger partial charge in [0, 0.05) is 55.0 Å². The molecule has 0 aromatic carbocycles. The first kappa shape index (κ1) is 14.6. The van der Waals surface area contributed by atoms with Gasteiger partial charge in [0.25, 0.3) is 0 Å². The topological polar surface area (TPSA) is 85.7 Å². The minimum Gasteiger partial charge on any atom is -0.360 e. The number of likely N-dealkylation sites (tertiary alicyclic amines) is 1. The van der Waals surface area contributed by atoms with Crippen LogP contribution in [0.5, 0.6) is 0 Å². The van der Waals surface area contributed by atoms with Gasteiger partial charge in [-0.15, -0.1) is 0 Å². The summed E-state index contributed by atoms with van der Waals surface area (Å²) in [6.45, 7) is 1.43. The van der Waals surface area contributed by atoms with E-state index >= 15 is 0 Å². The summed E-state index contributed by atoms with van der Waals surface area (Å²) < 4.78 is 0. The van der Waals surface area contributed by atoms with E-state index in [0.717, 1.165) is 34.9 Å². The van der Waals surface area contributed by atoms with Gasteiger partial charge >= 0.3 is 0 Å². The predicted molar refractivity (Wildman–Crippen MR) is 90.2 cm³/mol. The Bertz CT molecular complexity index is 955. The molecule has 1 atom stereocenters. The maximum Gasteiger partial charge on any atom is 0.223 e. The van der Waals surface area contributed by atoms with Crippen molar-refractivity contribution in [3.8, 4) is 6.07 Å². The maximum atomic E-state index is 12.1. The third kappa shape index (κ3) is 2.38. The maximum absolute atomic E-state index is 12.1. The van der Waals surface area contributed by atoms with Gasteiger partial charge < -0.3 is 9.88 Å². The third-order valence-corrected chi connectivity index (χ3v) is 4.74. The first-order valence-electron chi connectivity index (χ1n) is 8.13. The molecule has 1 amide bonds. The van der Waals surface area contributed by atoms with Crippen molar-refractivity contribution in [3.05, 3.63) is 36.3 Å². The fraction of sp³-hybridized carbons (Fsp3) is 0.333. The first-order chi connectivity index (χ1) is 11.8. The molecular weight excluding hydrogens is 302 g/mol. The van der Waals surface area contributed by atoms with Crippen LogP contribution in [0.15, 0.2) is 30.7 Å². The summed E-state index contributed by atoms with van der Waals surface area (Å²) in [6, 6.07) is 6.09. The highest BCUT2D eigenvalue weighted by atomic mass is 16.2. The van der Waals surface area contributed by atoms with E-state index in [9.17, 15) is 4.79 Å². The van der Waals surface area contributed by atoms with Crippen LogP contribution < -0.4 is 0 Å². The molecule has 0 aliphatic carbocycles. The zero-order valence-corrected chi connectivity index (χ0v) is 13.2. The first-order valence-corrected chi connectivity index (χ1v) is 8.13. The lowest BCUT2D eigenvalue weighted by atomic mass is 9.97. The number of hydrogen-bond acceptors (Lipinski definition) is 4. The molecule has 1 unspecified atom stereocenters. The largest absolute Gasteiger partial charge is 0.360 e. The van der Waals surface area contributed by atoms with Gasteiger partial charge in [0.2, 0.25) is 5.91 Å². The second-order valence-electron chi connectivity index (χ2n) is 6.15. The molecular formula is C18H17N5O. The number of pyridine rings is 2. The molecule has 120 valence electrons. The molecule has 4 heterocycles. The van der Waals surface area contributed by atoms with Crippen LogP contribution in [0.4, 0.5) is 0 Å². The molecule has 3 aromatic rings. The van der Waals surface area contributed by atoms with E-state index < -0.39 is 0 Å². The molecule has 1 saturated heterocycles. The summed E-state index contributed by atoms with van der Waals surface area (Å²) in [7, 11) is 0. The number of rotatable bonds is 3. The number of aromatic amines is 1. The number of fused-ring (bicyclic) bond motifs is 3. The zero-order valence-electron chi connectivity index (χ0n) is 13.2. The van der Waals surface area contributed by atoms with Crippen LogP contribution in [0.2, 0.25) is 0 Å². The van der Waals surface area contributed by atoms with Crippen LogP contribution in [0.1, 0.15) is 30.7 Å². The standard InChI is InChI=1S/C18H17N5O/c19-6-1-4-16(24)23-8-5-12(11-23)14-9-21-18-17(14)13-3-2-7-20-15(13)10-22-18/h2-3,7,9-10,12,20H,1,4-5,8,11H2. The van der Waals surface area contributed by atoms with E-state index in [2.05, 4.69) is 21.0 Å². The van der Waals surface area contributed by atoms with Crippen LogP contribution in [0, 0.1) is 11.3 Å². The molecule has 1 fully saturated rings. The van der Waals surface area contributed by atoms with Gasteiger partial charge in [-0.25, -0.2) is 9.97 Å². The van der Waals surface area contributed by atoms with Crippen molar-refractivity contribution in [3.63, 3.8) is 0 Å². The van der Waals surface area contributed by atoms with Crippen molar-refractivity contribution >= 4 is 27.8 Å². The minimum absolute atomic E-state index is 0.0687. The number of nitriles is 1. The number of H-pyrrole nitrogens is 1. The Morgan fingerprint density at radius 1 is 1.42 bits per heavy atom. The lowest BCUT2D eigenvalue weighted by Gasteiger charge is -2.15. The average molecular weight is 319 g/mol. The Morgan fingerprint density at radius 2 is 2.29 bits per heavy atom. The van der Waals surface area contributed by atoms with Crippen molar-refractivity contribution < 1.29 is 4.79 Å². The number of carbonyl (C=O) groups is 1. The van der Waals surface area contributed by atoms with E-state index in [4.69, 9.17) is 5.26 Å². The van der Waals surface area contributed by atoms with Gasteiger partial charge in [-0.1, -0.05) is 6.07 Å². The van der Waals surface area contributed by atoms with E-state index in [1.54, 1.807) is 6.20 Å². The van der Waals surface area contributed by atoms with Gasteiger partial charge in [0.15, 0.2) is 5.65 Å². The van der Waals surface area contributed by atoms with Crippen molar-refractivity contribution in [2.45, 2.75) is 25.2 Å². The molecule has 6 nitrogen and oxygen atoms in total. The molecule has 0 spiro atoms. The number of nitrogens with one attached hydrogen (secondary N) is 1. The summed E-state index contributed by atoms with van der Waals surface area (Å²) >= 11 is 0. The predicted octanol–water partition coefficient (Wildman–Crippen LogP) is 2.73. The number of nitrogens with zero attached hydrogens (tertiary/aromatic N) is 4. The quantitative estimate of drug-likeness (QED) is 0.804. The Kier molecular flexibility index (Phi) is 3.62. The Morgan fingerprint density at radius 3 is 3.17 bits per heavy atom. The summed E-state index contributed by atoms with van der Waals surface area (Å²) in [6.07, 6.45) is 7.11. The molecule has 1 aliphatic rings. The van der Waals surface area contributed by atoms with Gasteiger partial charge in [0.1, 0.15) is 0 Å². The number of carbonyl (C=O) groups excluding carboxylic acids is 1. The van der Waals surface area contributed by atoms with Gasteiger partial charge in [0.05, 0.1) is 17.8 Å². The molecule has 6 heteroatoms. The molecule has 0 bridgehead atoms. The number of aromatic nitrogens is 3. The lowest BCUT2D eigenvalue weighted by molar-refractivity contribution is -0.130. The Balaban J connectivity index is 1.67. The smallest absolute Gasteiger partial charge is 0.223 e. The Hall–Kier alpha value is -2.94. The van der Waals surface area contributed by atoms with Crippen LogP contribution in [-0.2, 0) is 4.79 Å². The van der Waals surface area contributed by atoms with E-state index in [1.165, 1.54) is 5.56 Å². The van der Waals surface area contributed by atoms with E-state index in [1.807, 2.05) is 29.4 Å². The second-order valence-corrected chi connectivity index (χ2v) is 6.15. The summed E-state index contributed by atoms with van der Waals surface area (Å²) in [5.41, 5.74) is 2.91. The molecule has 3 aromatic heterocycles. The van der Waals surface area contributed by atoms with E-state index in [-0.39, 0.29) is 18.2 Å². The summed E-state index contributed by atoms with van der Waals surface area (Å²) in [5, 5.41) is 10.8. The highest BCUT2D eigenvalue weighted by Crippen LogP contribution is 2.35. The highest BCUT2D eigenvalue weighted by Gasteiger charge is 2.29. The Labute approximate surface area is 139 Å². The fourth-order valence-corrected chi connectivity index (χ4v) is 3.53. The summed E-state index contributed by atoms with van der Waals surface area (Å²) in [4.78, 5) is 26.1. The van der Waals surface area contributed by atoms with Crippen LogP contribution in [-0.4, -0.2) is 38.8 Å². The van der Waals surface area contributed by atoms with Crippen LogP contribution in [0.3, 0.4) is 0 Å². The summed E-state index contributed by atoms with van der Waals surface area (Å²) in [5.74, 6) is 0.341. The zero-order chi connectivity index (χ0) is 16.5. The van der Waals surface area contributed by atoms with Gasteiger partial charge in [-0.2, -0.15) is 5.26 Å². The highest BCUT2D eigenvalue weighted by molar-refractivity contribution is 6.05. The number of amides is 1. The monoisotopic (exact) mass is 319 g/mol. The van der Waals surface area contributed by atoms with Gasteiger partial charge in [-0.05, 0) is 18.1 Å². The second kappa shape index (κ2) is 5.93.